The molecule has 0 saturated carbocycles. The van der Waals surface area contributed by atoms with E-state index in [1.165, 1.54) is 6.07 Å². The highest BCUT2D eigenvalue weighted by atomic mass is 19.1. The lowest BCUT2D eigenvalue weighted by Gasteiger charge is -2.19. The van der Waals surface area contributed by atoms with Crippen LogP contribution in [-0.2, 0) is 4.74 Å². The van der Waals surface area contributed by atoms with Gasteiger partial charge in [-0.2, -0.15) is 0 Å². The first-order valence-electron chi connectivity index (χ1n) is 8.47. The molecule has 2 atom stereocenters. The number of methoxy groups -OCH3 is 1. The molecule has 3 aromatic rings. The van der Waals surface area contributed by atoms with Crippen LogP contribution < -0.4 is 10.1 Å². The topological polar surface area (TPSA) is 60.5 Å². The molecule has 6 heteroatoms. The SMILES string of the molecule is COc1cccc([C@H]2OC(=O)N[C@@H]2c2cccc(-c3ncccc3F)c2)c1. The van der Waals surface area contributed by atoms with Crippen molar-refractivity contribution in [1.82, 2.24) is 10.3 Å². The summed E-state index contributed by atoms with van der Waals surface area (Å²) in [7, 11) is 1.58. The van der Waals surface area contributed by atoms with Crippen LogP contribution in [0.4, 0.5) is 9.18 Å². The standard InChI is InChI=1S/C21H17FN2O3/c1-26-16-8-3-7-15(12-16)20-19(24-21(25)27-20)14-6-2-5-13(11-14)18-17(22)9-4-10-23-18/h2-12,19-20H,1H3,(H,24,25)/t19-,20-/m1/s1. The zero-order valence-corrected chi connectivity index (χ0v) is 14.6. The third-order valence-electron chi connectivity index (χ3n) is 4.51. The molecule has 5 nitrogen and oxygen atoms in total. The van der Waals surface area contributed by atoms with E-state index in [9.17, 15) is 9.18 Å². The van der Waals surface area contributed by atoms with Gasteiger partial charge < -0.3 is 14.8 Å². The molecular formula is C21H17FN2O3. The Balaban J connectivity index is 1.72. The fraction of sp³-hybridized carbons (Fsp3) is 0.143. The first-order chi connectivity index (χ1) is 13.2. The van der Waals surface area contributed by atoms with Crippen LogP contribution in [-0.4, -0.2) is 18.2 Å². The summed E-state index contributed by atoms with van der Waals surface area (Å²) in [5, 5.41) is 2.83. The van der Waals surface area contributed by atoms with Crippen LogP contribution in [0.15, 0.2) is 66.9 Å². The predicted molar refractivity (Wildman–Crippen MR) is 97.7 cm³/mol. The number of alkyl carbamates (subject to hydrolysis) is 1. The molecule has 0 radical (unpaired) electrons. The number of hydrogen-bond donors (Lipinski definition) is 1. The van der Waals surface area contributed by atoms with E-state index in [2.05, 4.69) is 10.3 Å². The molecule has 1 amide bonds. The van der Waals surface area contributed by atoms with Crippen molar-refractivity contribution in [3.05, 3.63) is 83.8 Å². The molecule has 1 fully saturated rings. The lowest BCUT2D eigenvalue weighted by molar-refractivity contribution is 0.132. The summed E-state index contributed by atoms with van der Waals surface area (Å²) in [5.41, 5.74) is 2.52. The first kappa shape index (κ1) is 17.0. The summed E-state index contributed by atoms with van der Waals surface area (Å²) in [4.78, 5) is 16.1. The Hall–Kier alpha value is -3.41. The molecule has 4 rings (SSSR count). The fourth-order valence-corrected chi connectivity index (χ4v) is 3.23. The molecule has 0 spiro atoms. The van der Waals surface area contributed by atoms with E-state index in [1.807, 2.05) is 42.5 Å². The number of carbonyl (C=O) groups is 1. The average molecular weight is 364 g/mol. The van der Waals surface area contributed by atoms with Crippen molar-refractivity contribution < 1.29 is 18.7 Å². The Bertz CT molecular complexity index is 992. The van der Waals surface area contributed by atoms with Crippen LogP contribution in [0.2, 0.25) is 0 Å². The van der Waals surface area contributed by atoms with Gasteiger partial charge in [0.2, 0.25) is 0 Å². The zero-order valence-electron chi connectivity index (χ0n) is 14.6. The number of benzene rings is 2. The number of cyclic esters (lactones) is 1. The van der Waals surface area contributed by atoms with E-state index >= 15 is 0 Å². The maximum atomic E-state index is 14.1. The van der Waals surface area contributed by atoms with Crippen molar-refractivity contribution in [2.24, 2.45) is 0 Å². The highest BCUT2D eigenvalue weighted by molar-refractivity contribution is 5.72. The average Bonchev–Trinajstić information content (AvgIpc) is 3.10. The first-order valence-corrected chi connectivity index (χ1v) is 8.47. The Kier molecular flexibility index (Phi) is 4.46. The molecule has 27 heavy (non-hydrogen) atoms. The maximum absolute atomic E-state index is 14.1. The van der Waals surface area contributed by atoms with Crippen LogP contribution in [0.25, 0.3) is 11.3 Å². The molecule has 136 valence electrons. The number of nitrogens with zero attached hydrogens (tertiary/aromatic N) is 1. The van der Waals surface area contributed by atoms with Gasteiger partial charge in [-0.1, -0.05) is 30.3 Å². The molecule has 1 aromatic heterocycles. The second-order valence-electron chi connectivity index (χ2n) is 6.18. The van der Waals surface area contributed by atoms with Gasteiger partial charge in [0, 0.05) is 11.8 Å². The molecule has 0 unspecified atom stereocenters. The van der Waals surface area contributed by atoms with Crippen LogP contribution in [0.1, 0.15) is 23.3 Å². The van der Waals surface area contributed by atoms with Crippen molar-refractivity contribution in [2.45, 2.75) is 12.1 Å². The number of amides is 1. The van der Waals surface area contributed by atoms with E-state index in [-0.39, 0.29) is 5.69 Å². The summed E-state index contributed by atoms with van der Waals surface area (Å²) >= 11 is 0. The number of halogens is 1. The largest absolute Gasteiger partial charge is 0.497 e. The number of ether oxygens (including phenoxy) is 2. The monoisotopic (exact) mass is 364 g/mol. The molecular weight excluding hydrogens is 347 g/mol. The summed E-state index contributed by atoms with van der Waals surface area (Å²) in [5.74, 6) is 0.282. The van der Waals surface area contributed by atoms with Gasteiger partial charge >= 0.3 is 6.09 Å². The van der Waals surface area contributed by atoms with Gasteiger partial charge in [-0.25, -0.2) is 9.18 Å². The second-order valence-corrected chi connectivity index (χ2v) is 6.18. The van der Waals surface area contributed by atoms with Crippen LogP contribution >= 0.6 is 0 Å². The summed E-state index contributed by atoms with van der Waals surface area (Å²) in [6, 6.07) is 17.2. The van der Waals surface area contributed by atoms with Gasteiger partial charge in [-0.05, 0) is 41.5 Å². The Morgan fingerprint density at radius 2 is 1.89 bits per heavy atom. The Morgan fingerprint density at radius 3 is 2.70 bits per heavy atom. The number of nitrogens with one attached hydrogen (secondary N) is 1. The summed E-state index contributed by atoms with van der Waals surface area (Å²) in [6.45, 7) is 0. The molecule has 1 N–H and O–H groups in total. The van der Waals surface area contributed by atoms with Gasteiger partial charge in [0.15, 0.2) is 6.10 Å². The van der Waals surface area contributed by atoms with Crippen molar-refractivity contribution in [1.29, 1.82) is 0 Å². The number of carbonyl (C=O) groups excluding carboxylic acids is 1. The minimum absolute atomic E-state index is 0.266. The molecule has 1 aliphatic rings. The number of pyridine rings is 1. The minimum atomic E-state index is -0.517. The summed E-state index contributed by atoms with van der Waals surface area (Å²) in [6.07, 6.45) is 0.531. The van der Waals surface area contributed by atoms with Crippen LogP contribution in [0.3, 0.4) is 0 Å². The highest BCUT2D eigenvalue weighted by Gasteiger charge is 2.36. The number of rotatable bonds is 4. The van der Waals surface area contributed by atoms with Crippen molar-refractivity contribution in [3.63, 3.8) is 0 Å². The lowest BCUT2D eigenvalue weighted by Crippen LogP contribution is -2.19. The van der Waals surface area contributed by atoms with Gasteiger partial charge in [0.1, 0.15) is 17.3 Å². The van der Waals surface area contributed by atoms with Crippen molar-refractivity contribution in [2.75, 3.05) is 7.11 Å². The van der Waals surface area contributed by atoms with E-state index < -0.39 is 24.1 Å². The van der Waals surface area contributed by atoms with E-state index in [0.29, 0.717) is 11.3 Å². The molecule has 1 aliphatic heterocycles. The van der Waals surface area contributed by atoms with Crippen LogP contribution in [0, 0.1) is 5.82 Å². The zero-order chi connectivity index (χ0) is 18.8. The lowest BCUT2D eigenvalue weighted by atomic mass is 9.94. The smallest absolute Gasteiger partial charge is 0.408 e. The Morgan fingerprint density at radius 1 is 1.07 bits per heavy atom. The summed E-state index contributed by atoms with van der Waals surface area (Å²) < 4.78 is 24.8. The number of aromatic nitrogens is 1. The fourth-order valence-electron chi connectivity index (χ4n) is 3.23. The molecule has 2 heterocycles. The number of hydrogen-bond acceptors (Lipinski definition) is 4. The van der Waals surface area contributed by atoms with Crippen molar-refractivity contribution in [3.8, 4) is 17.0 Å². The molecule has 2 aromatic carbocycles. The third-order valence-corrected chi connectivity index (χ3v) is 4.51. The van der Waals surface area contributed by atoms with Crippen molar-refractivity contribution >= 4 is 6.09 Å². The van der Waals surface area contributed by atoms with Gasteiger partial charge in [-0.15, -0.1) is 0 Å². The third kappa shape index (κ3) is 3.33. The maximum Gasteiger partial charge on any atom is 0.408 e. The Labute approximate surface area is 155 Å². The minimum Gasteiger partial charge on any atom is -0.497 e. The van der Waals surface area contributed by atoms with Crippen LogP contribution in [0.5, 0.6) is 5.75 Å². The molecule has 0 bridgehead atoms. The molecule has 0 aliphatic carbocycles. The predicted octanol–water partition coefficient (Wildman–Crippen LogP) is 4.42. The van der Waals surface area contributed by atoms with Gasteiger partial charge in [-0.3, -0.25) is 4.98 Å². The quantitative estimate of drug-likeness (QED) is 0.745. The van der Waals surface area contributed by atoms with E-state index in [1.54, 1.807) is 25.4 Å². The molecule has 1 saturated heterocycles. The van der Waals surface area contributed by atoms with Gasteiger partial charge in [0.05, 0.1) is 13.2 Å². The van der Waals surface area contributed by atoms with E-state index in [0.717, 1.165) is 11.1 Å². The second kappa shape index (κ2) is 7.07. The normalized spacial score (nSPS) is 18.7. The van der Waals surface area contributed by atoms with E-state index in [4.69, 9.17) is 9.47 Å². The van der Waals surface area contributed by atoms with Gasteiger partial charge in [0.25, 0.3) is 0 Å². The highest BCUT2D eigenvalue weighted by Crippen LogP contribution is 2.38.